The normalized spacial score (nSPS) is 19.7. The number of hydrogen-bond acceptors (Lipinski definition) is 4. The monoisotopic (exact) mass is 270 g/mol. The molecule has 2 atom stereocenters. The largest absolute Gasteiger partial charge is 0.370 e. The van der Waals surface area contributed by atoms with Gasteiger partial charge in [0, 0.05) is 13.1 Å². The van der Waals surface area contributed by atoms with E-state index in [-0.39, 0.29) is 12.3 Å². The van der Waals surface area contributed by atoms with Crippen LogP contribution in [0.2, 0.25) is 0 Å². The summed E-state index contributed by atoms with van der Waals surface area (Å²) in [6, 6.07) is -0.834. The van der Waals surface area contributed by atoms with E-state index in [9.17, 15) is 9.59 Å². The molecule has 0 aromatic heterocycles. The maximum Gasteiger partial charge on any atom is 0.237 e. The van der Waals surface area contributed by atoms with Crippen LogP contribution in [0.4, 0.5) is 0 Å². The number of nitrogens with one attached hydrogen (secondary N) is 1. The lowest BCUT2D eigenvalue weighted by Crippen LogP contribution is -2.45. The van der Waals surface area contributed by atoms with Gasteiger partial charge in [0.1, 0.15) is 0 Å². The number of nitrogens with two attached hydrogens (primary N) is 2. The van der Waals surface area contributed by atoms with E-state index in [1.807, 2.05) is 0 Å². The molecule has 1 heterocycles. The van der Waals surface area contributed by atoms with Gasteiger partial charge in [-0.15, -0.1) is 0 Å². The second-order valence-corrected chi connectivity index (χ2v) is 5.49. The Balaban J connectivity index is 2.19. The minimum absolute atomic E-state index is 0.105. The number of piperidine rings is 1. The zero-order valence-corrected chi connectivity index (χ0v) is 11.7. The first-order valence-corrected chi connectivity index (χ1v) is 7.03. The second-order valence-electron chi connectivity index (χ2n) is 5.49. The van der Waals surface area contributed by atoms with Crippen molar-refractivity contribution in [1.82, 2.24) is 10.2 Å². The number of amides is 2. The first-order chi connectivity index (χ1) is 8.99. The van der Waals surface area contributed by atoms with E-state index >= 15 is 0 Å². The number of primary amides is 1. The molecule has 19 heavy (non-hydrogen) atoms. The van der Waals surface area contributed by atoms with Gasteiger partial charge in [-0.05, 0) is 31.8 Å². The molecule has 6 heteroatoms. The Kier molecular flexibility index (Phi) is 6.80. The molecule has 1 rings (SSSR count). The van der Waals surface area contributed by atoms with Crippen molar-refractivity contribution in [2.45, 2.75) is 38.6 Å². The molecule has 5 N–H and O–H groups in total. The first-order valence-electron chi connectivity index (χ1n) is 7.03. The Morgan fingerprint density at radius 2 is 1.89 bits per heavy atom. The van der Waals surface area contributed by atoms with Crippen LogP contribution < -0.4 is 16.8 Å². The molecular weight excluding hydrogens is 244 g/mol. The number of carbonyl (C=O) groups is 2. The van der Waals surface area contributed by atoms with Gasteiger partial charge in [0.25, 0.3) is 0 Å². The molecule has 6 nitrogen and oxygen atoms in total. The molecule has 0 radical (unpaired) electrons. The number of rotatable bonds is 7. The molecule has 110 valence electrons. The Morgan fingerprint density at radius 3 is 2.47 bits per heavy atom. The van der Waals surface area contributed by atoms with Crippen LogP contribution in [0, 0.1) is 5.92 Å². The highest BCUT2D eigenvalue weighted by Crippen LogP contribution is 2.10. The van der Waals surface area contributed by atoms with Crippen LogP contribution in [0.15, 0.2) is 0 Å². The third-order valence-electron chi connectivity index (χ3n) is 3.40. The molecule has 1 aliphatic rings. The van der Waals surface area contributed by atoms with Crippen LogP contribution >= 0.6 is 0 Å². The van der Waals surface area contributed by atoms with Gasteiger partial charge < -0.3 is 21.7 Å². The zero-order valence-electron chi connectivity index (χ0n) is 11.7. The second kappa shape index (κ2) is 8.12. The van der Waals surface area contributed by atoms with Gasteiger partial charge in [0.05, 0.1) is 12.5 Å². The first kappa shape index (κ1) is 15.9. The quantitative estimate of drug-likeness (QED) is 0.576. The number of nitrogens with zero attached hydrogens (tertiary/aromatic N) is 1. The van der Waals surface area contributed by atoms with Gasteiger partial charge in [-0.3, -0.25) is 9.59 Å². The van der Waals surface area contributed by atoms with Crippen molar-refractivity contribution in [1.29, 1.82) is 0 Å². The molecule has 0 saturated carbocycles. The van der Waals surface area contributed by atoms with Gasteiger partial charge in [-0.1, -0.05) is 13.3 Å². The molecule has 0 aromatic carbocycles. The third kappa shape index (κ3) is 6.54. The minimum atomic E-state index is -0.834. The topological polar surface area (TPSA) is 101 Å². The van der Waals surface area contributed by atoms with Crippen molar-refractivity contribution >= 4 is 11.8 Å². The summed E-state index contributed by atoms with van der Waals surface area (Å²) in [7, 11) is 0. The third-order valence-corrected chi connectivity index (χ3v) is 3.40. The average Bonchev–Trinajstić information content (AvgIpc) is 2.36. The van der Waals surface area contributed by atoms with E-state index in [0.29, 0.717) is 12.5 Å². The maximum absolute atomic E-state index is 11.6. The Bertz CT molecular complexity index is 303. The van der Waals surface area contributed by atoms with Gasteiger partial charge >= 0.3 is 0 Å². The molecule has 1 saturated heterocycles. The molecule has 0 aliphatic carbocycles. The fourth-order valence-corrected chi connectivity index (χ4v) is 2.36. The van der Waals surface area contributed by atoms with Crippen LogP contribution in [-0.4, -0.2) is 48.9 Å². The van der Waals surface area contributed by atoms with Crippen molar-refractivity contribution < 1.29 is 9.59 Å². The van der Waals surface area contributed by atoms with E-state index in [4.69, 9.17) is 11.5 Å². The lowest BCUT2D eigenvalue weighted by molar-refractivity contribution is -0.126. The van der Waals surface area contributed by atoms with Crippen molar-refractivity contribution in [3.8, 4) is 0 Å². The Hall–Kier alpha value is -1.14. The lowest BCUT2D eigenvalue weighted by atomic mass is 10.1. The highest BCUT2D eigenvalue weighted by Gasteiger charge is 2.18. The summed E-state index contributed by atoms with van der Waals surface area (Å²) in [6.07, 6.45) is 3.75. The van der Waals surface area contributed by atoms with Crippen LogP contribution in [0.3, 0.4) is 0 Å². The van der Waals surface area contributed by atoms with Crippen LogP contribution in [-0.2, 0) is 9.59 Å². The highest BCUT2D eigenvalue weighted by molar-refractivity contribution is 5.87. The van der Waals surface area contributed by atoms with Crippen LogP contribution in [0.25, 0.3) is 0 Å². The highest BCUT2D eigenvalue weighted by atomic mass is 16.2. The molecule has 0 bridgehead atoms. The molecule has 2 amide bonds. The molecule has 0 aromatic rings. The molecule has 2 unspecified atom stereocenters. The summed E-state index contributed by atoms with van der Waals surface area (Å²) in [4.78, 5) is 24.7. The average molecular weight is 270 g/mol. The summed E-state index contributed by atoms with van der Waals surface area (Å²) < 4.78 is 0. The zero-order chi connectivity index (χ0) is 14.3. The Morgan fingerprint density at radius 1 is 1.26 bits per heavy atom. The van der Waals surface area contributed by atoms with Crippen LogP contribution in [0.1, 0.15) is 32.6 Å². The molecular formula is C13H26N4O2. The van der Waals surface area contributed by atoms with E-state index in [1.165, 1.54) is 19.3 Å². The van der Waals surface area contributed by atoms with Crippen molar-refractivity contribution in [3.05, 3.63) is 0 Å². The number of carbonyl (C=O) groups excluding carboxylic acids is 2. The smallest absolute Gasteiger partial charge is 0.237 e. The minimum Gasteiger partial charge on any atom is -0.370 e. The maximum atomic E-state index is 11.6. The van der Waals surface area contributed by atoms with Crippen molar-refractivity contribution in [2.24, 2.45) is 17.4 Å². The van der Waals surface area contributed by atoms with E-state index in [1.54, 1.807) is 0 Å². The van der Waals surface area contributed by atoms with E-state index < -0.39 is 11.9 Å². The Labute approximate surface area is 114 Å². The summed E-state index contributed by atoms with van der Waals surface area (Å²) in [6.45, 7) is 5.99. The van der Waals surface area contributed by atoms with Crippen molar-refractivity contribution in [3.63, 3.8) is 0 Å². The molecule has 1 aliphatic heterocycles. The summed E-state index contributed by atoms with van der Waals surface area (Å²) >= 11 is 0. The van der Waals surface area contributed by atoms with Gasteiger partial charge in [0.15, 0.2) is 0 Å². The standard InChI is InChI=1S/C13H26N4O2/c1-10(9-17-5-3-2-4-6-17)8-16-13(19)11(14)7-12(15)18/h10-11H,2-9,14H2,1H3,(H2,15,18)(H,16,19). The fraction of sp³-hybridized carbons (Fsp3) is 0.846. The summed E-state index contributed by atoms with van der Waals surface area (Å²) in [5, 5.41) is 2.78. The number of likely N-dealkylation sites (tertiary alicyclic amines) is 1. The van der Waals surface area contributed by atoms with E-state index in [0.717, 1.165) is 19.6 Å². The predicted molar refractivity (Wildman–Crippen MR) is 74.3 cm³/mol. The van der Waals surface area contributed by atoms with Gasteiger partial charge in [-0.25, -0.2) is 0 Å². The lowest BCUT2D eigenvalue weighted by Gasteiger charge is -2.29. The van der Waals surface area contributed by atoms with Gasteiger partial charge in [-0.2, -0.15) is 0 Å². The van der Waals surface area contributed by atoms with Crippen LogP contribution in [0.5, 0.6) is 0 Å². The van der Waals surface area contributed by atoms with Crippen molar-refractivity contribution in [2.75, 3.05) is 26.2 Å². The summed E-state index contributed by atoms with van der Waals surface area (Å²) in [5.74, 6) is -0.476. The fourth-order valence-electron chi connectivity index (χ4n) is 2.36. The molecule has 0 spiro atoms. The van der Waals surface area contributed by atoms with Gasteiger partial charge in [0.2, 0.25) is 11.8 Å². The predicted octanol–water partition coefficient (Wildman–Crippen LogP) is -0.573. The SMILES string of the molecule is CC(CNC(=O)C(N)CC(N)=O)CN1CCCCC1. The van der Waals surface area contributed by atoms with E-state index in [2.05, 4.69) is 17.1 Å². The molecule has 1 fully saturated rings. The number of hydrogen-bond donors (Lipinski definition) is 3. The summed E-state index contributed by atoms with van der Waals surface area (Å²) in [5.41, 5.74) is 10.6.